The van der Waals surface area contributed by atoms with Gasteiger partial charge in [-0.2, -0.15) is 5.10 Å². The van der Waals surface area contributed by atoms with Crippen LogP contribution in [0.3, 0.4) is 0 Å². The van der Waals surface area contributed by atoms with E-state index in [1.54, 1.807) is 18.2 Å². The van der Waals surface area contributed by atoms with Gasteiger partial charge in [0.1, 0.15) is 0 Å². The number of nitrogens with zero attached hydrogens (tertiary/aromatic N) is 1. The topological polar surface area (TPSA) is 62.8 Å². The largest absolute Gasteiger partial charge is 0.289 e. The quantitative estimate of drug-likeness (QED) is 0.537. The van der Waals surface area contributed by atoms with Crippen molar-refractivity contribution in [3.8, 4) is 11.3 Å². The molecular weight excluding hydrogens is 359 g/mol. The summed E-state index contributed by atoms with van der Waals surface area (Å²) in [5, 5.41) is 7.23. The normalized spacial score (nSPS) is 11.0. The van der Waals surface area contributed by atoms with E-state index in [-0.39, 0.29) is 16.4 Å². The van der Waals surface area contributed by atoms with Crippen LogP contribution in [0.2, 0.25) is 10.0 Å². The summed E-state index contributed by atoms with van der Waals surface area (Å²) >= 11 is 11.9. The molecule has 124 valence electrons. The number of carbonyl (C=O) groups excluding carboxylic acids is 1. The highest BCUT2D eigenvalue weighted by Gasteiger charge is 2.10. The average Bonchev–Trinajstić information content (AvgIpc) is 2.60. The number of aromatic nitrogens is 2. The van der Waals surface area contributed by atoms with Crippen LogP contribution in [0.15, 0.2) is 65.5 Å². The van der Waals surface area contributed by atoms with Gasteiger partial charge in [0.15, 0.2) is 5.78 Å². The number of ketones is 1. The van der Waals surface area contributed by atoms with Crippen LogP contribution in [0.25, 0.3) is 17.3 Å². The fourth-order valence-electron chi connectivity index (χ4n) is 2.32. The van der Waals surface area contributed by atoms with Gasteiger partial charge in [-0.15, -0.1) is 0 Å². The van der Waals surface area contributed by atoms with Crippen LogP contribution in [0, 0.1) is 0 Å². The minimum absolute atomic E-state index is 0.273. The minimum Gasteiger partial charge on any atom is -0.289 e. The fourth-order valence-corrected chi connectivity index (χ4v) is 2.82. The predicted octanol–water partition coefficient (Wildman–Crippen LogP) is 4.64. The van der Waals surface area contributed by atoms with Gasteiger partial charge in [-0.3, -0.25) is 9.59 Å². The van der Waals surface area contributed by atoms with Crippen molar-refractivity contribution < 1.29 is 4.79 Å². The second kappa shape index (κ2) is 7.47. The van der Waals surface area contributed by atoms with Crippen molar-refractivity contribution in [2.24, 2.45) is 0 Å². The molecule has 4 nitrogen and oxygen atoms in total. The Labute approximate surface area is 153 Å². The Kier molecular flexibility index (Phi) is 5.12. The van der Waals surface area contributed by atoms with Crippen LogP contribution in [-0.2, 0) is 0 Å². The van der Waals surface area contributed by atoms with Gasteiger partial charge < -0.3 is 0 Å². The third-order valence-electron chi connectivity index (χ3n) is 3.50. The van der Waals surface area contributed by atoms with Crippen molar-refractivity contribution in [1.82, 2.24) is 10.2 Å². The van der Waals surface area contributed by atoms with Gasteiger partial charge in [0.25, 0.3) is 5.56 Å². The van der Waals surface area contributed by atoms with Gasteiger partial charge in [0, 0.05) is 27.8 Å². The Morgan fingerprint density at radius 1 is 1.04 bits per heavy atom. The maximum atomic E-state index is 12.4. The SMILES string of the molecule is O=C(/C=C/c1cc(=O)[nH]nc1-c1ccccc1)c1ccc(Cl)cc1Cl. The first kappa shape index (κ1) is 17.1. The molecule has 1 aromatic heterocycles. The molecule has 0 unspecified atom stereocenters. The number of allylic oxidation sites excluding steroid dienone is 1. The van der Waals surface area contributed by atoms with E-state index < -0.39 is 0 Å². The Morgan fingerprint density at radius 2 is 1.80 bits per heavy atom. The molecule has 1 heterocycles. The van der Waals surface area contributed by atoms with E-state index in [0.717, 1.165) is 5.56 Å². The number of halogens is 2. The van der Waals surface area contributed by atoms with Gasteiger partial charge in [0.05, 0.1) is 10.7 Å². The summed E-state index contributed by atoms with van der Waals surface area (Å²) in [5.74, 6) is -0.291. The number of nitrogens with one attached hydrogen (secondary N) is 1. The van der Waals surface area contributed by atoms with Crippen molar-refractivity contribution in [2.75, 3.05) is 0 Å². The van der Waals surface area contributed by atoms with Gasteiger partial charge in [-0.25, -0.2) is 5.10 Å². The lowest BCUT2D eigenvalue weighted by molar-refractivity contribution is 0.104. The molecule has 0 aliphatic carbocycles. The van der Waals surface area contributed by atoms with Crippen LogP contribution in [0.4, 0.5) is 0 Å². The highest BCUT2D eigenvalue weighted by molar-refractivity contribution is 6.37. The second-order valence-corrected chi connectivity index (χ2v) is 6.07. The molecule has 0 spiro atoms. The summed E-state index contributed by atoms with van der Waals surface area (Å²) in [6, 6.07) is 15.4. The van der Waals surface area contributed by atoms with Crippen LogP contribution in [-0.4, -0.2) is 16.0 Å². The Morgan fingerprint density at radius 3 is 2.52 bits per heavy atom. The van der Waals surface area contributed by atoms with Crippen LogP contribution >= 0.6 is 23.2 Å². The number of hydrogen-bond donors (Lipinski definition) is 1. The van der Waals surface area contributed by atoms with E-state index in [1.165, 1.54) is 18.2 Å². The Balaban J connectivity index is 1.97. The van der Waals surface area contributed by atoms with Crippen LogP contribution in [0.5, 0.6) is 0 Å². The summed E-state index contributed by atoms with van der Waals surface area (Å²) in [7, 11) is 0. The van der Waals surface area contributed by atoms with Gasteiger partial charge >= 0.3 is 0 Å². The van der Waals surface area contributed by atoms with Crippen molar-refractivity contribution in [2.45, 2.75) is 0 Å². The molecule has 1 N–H and O–H groups in total. The molecule has 0 bridgehead atoms. The number of carbonyl (C=O) groups is 1. The molecule has 25 heavy (non-hydrogen) atoms. The van der Waals surface area contributed by atoms with Crippen molar-refractivity contribution >= 4 is 35.1 Å². The van der Waals surface area contributed by atoms with Crippen LogP contribution in [0.1, 0.15) is 15.9 Å². The van der Waals surface area contributed by atoms with E-state index in [4.69, 9.17) is 23.2 Å². The molecule has 3 rings (SSSR count). The first-order valence-electron chi connectivity index (χ1n) is 7.37. The molecule has 0 aliphatic heterocycles. The van der Waals surface area contributed by atoms with E-state index in [9.17, 15) is 9.59 Å². The third-order valence-corrected chi connectivity index (χ3v) is 4.04. The number of benzene rings is 2. The molecule has 0 aliphatic rings. The van der Waals surface area contributed by atoms with E-state index in [1.807, 2.05) is 30.3 Å². The molecule has 3 aromatic rings. The number of hydrogen-bond acceptors (Lipinski definition) is 3. The number of H-pyrrole nitrogens is 1. The standard InChI is InChI=1S/C19H12Cl2N2O2/c20-14-7-8-15(16(21)11-14)17(24)9-6-13-10-18(25)22-23-19(13)12-4-2-1-3-5-12/h1-11H,(H,22,25)/b9-6+. The Hall–Kier alpha value is -2.69. The lowest BCUT2D eigenvalue weighted by Crippen LogP contribution is -2.08. The molecule has 0 fully saturated rings. The fraction of sp³-hybridized carbons (Fsp3) is 0. The molecule has 0 saturated heterocycles. The average molecular weight is 371 g/mol. The van der Waals surface area contributed by atoms with Gasteiger partial charge in [0.2, 0.25) is 0 Å². The number of rotatable bonds is 4. The molecule has 0 atom stereocenters. The van der Waals surface area contributed by atoms with Crippen molar-refractivity contribution in [1.29, 1.82) is 0 Å². The van der Waals surface area contributed by atoms with Gasteiger partial charge in [-0.1, -0.05) is 53.5 Å². The van der Waals surface area contributed by atoms with Gasteiger partial charge in [-0.05, 0) is 30.4 Å². The Bertz CT molecular complexity index is 1010. The monoisotopic (exact) mass is 370 g/mol. The molecular formula is C19H12Cl2N2O2. The summed E-state index contributed by atoms with van der Waals surface area (Å²) in [5.41, 5.74) is 1.92. The zero-order valence-corrected chi connectivity index (χ0v) is 14.4. The molecule has 6 heteroatoms. The number of aromatic amines is 1. The van der Waals surface area contributed by atoms with Crippen molar-refractivity contribution in [3.05, 3.63) is 92.2 Å². The third kappa shape index (κ3) is 4.05. The predicted molar refractivity (Wildman–Crippen MR) is 100 cm³/mol. The molecule has 0 saturated carbocycles. The first-order chi connectivity index (χ1) is 12.0. The smallest absolute Gasteiger partial charge is 0.264 e. The molecule has 0 amide bonds. The second-order valence-electron chi connectivity index (χ2n) is 5.22. The highest BCUT2D eigenvalue weighted by Crippen LogP contribution is 2.23. The zero-order valence-electron chi connectivity index (χ0n) is 12.9. The lowest BCUT2D eigenvalue weighted by Gasteiger charge is -2.04. The van der Waals surface area contributed by atoms with Crippen LogP contribution < -0.4 is 5.56 Å². The lowest BCUT2D eigenvalue weighted by atomic mass is 10.0. The van der Waals surface area contributed by atoms with E-state index >= 15 is 0 Å². The summed E-state index contributed by atoms with van der Waals surface area (Å²) in [6.45, 7) is 0. The summed E-state index contributed by atoms with van der Waals surface area (Å²) in [4.78, 5) is 24.0. The van der Waals surface area contributed by atoms with Crippen molar-refractivity contribution in [3.63, 3.8) is 0 Å². The highest BCUT2D eigenvalue weighted by atomic mass is 35.5. The zero-order chi connectivity index (χ0) is 17.8. The maximum absolute atomic E-state index is 12.4. The maximum Gasteiger partial charge on any atom is 0.264 e. The van der Waals surface area contributed by atoms with E-state index in [2.05, 4.69) is 10.2 Å². The molecule has 0 radical (unpaired) electrons. The first-order valence-corrected chi connectivity index (χ1v) is 8.13. The molecule has 2 aromatic carbocycles. The van der Waals surface area contributed by atoms with E-state index in [0.29, 0.717) is 21.8 Å². The summed E-state index contributed by atoms with van der Waals surface area (Å²) < 4.78 is 0. The summed E-state index contributed by atoms with van der Waals surface area (Å²) in [6.07, 6.45) is 2.91. The minimum atomic E-state index is -0.351.